The molecule has 1 amide bonds. The van der Waals surface area contributed by atoms with Gasteiger partial charge in [-0.2, -0.15) is 5.10 Å². The normalized spacial score (nSPS) is 21.1. The molecule has 1 fully saturated rings. The summed E-state index contributed by atoms with van der Waals surface area (Å²) >= 11 is 12.4. The summed E-state index contributed by atoms with van der Waals surface area (Å²) in [5.41, 5.74) is 4.22. The maximum absolute atomic E-state index is 13.0. The van der Waals surface area contributed by atoms with Crippen molar-refractivity contribution in [2.75, 3.05) is 6.54 Å². The summed E-state index contributed by atoms with van der Waals surface area (Å²) in [6.07, 6.45) is 4.27. The van der Waals surface area contributed by atoms with Crippen LogP contribution in [0.25, 0.3) is 0 Å². The van der Waals surface area contributed by atoms with Gasteiger partial charge in [0.05, 0.1) is 30.4 Å². The van der Waals surface area contributed by atoms with E-state index in [2.05, 4.69) is 0 Å². The van der Waals surface area contributed by atoms with Crippen molar-refractivity contribution in [3.63, 3.8) is 0 Å². The highest BCUT2D eigenvalue weighted by Gasteiger charge is 2.31. The molecule has 6 nitrogen and oxygen atoms in total. The number of aryl methyl sites for hydroxylation is 1. The minimum atomic E-state index is -0.710. The molecule has 2 heterocycles. The van der Waals surface area contributed by atoms with Gasteiger partial charge < -0.3 is 10.0 Å². The number of halogens is 2. The van der Waals surface area contributed by atoms with E-state index in [4.69, 9.17) is 33.4 Å². The Bertz CT molecular complexity index is 996. The Kier molecular flexibility index (Phi) is 6.58. The third-order valence-corrected chi connectivity index (χ3v) is 7.27. The summed E-state index contributed by atoms with van der Waals surface area (Å²) in [4.78, 5) is 26.1. The van der Waals surface area contributed by atoms with Gasteiger partial charge in [-0.1, -0.05) is 29.3 Å². The number of carbonyl (C=O) groups excluding carboxylic acids is 1. The number of rotatable bonds is 5. The number of fused-ring (bicyclic) bond motifs is 1. The van der Waals surface area contributed by atoms with Gasteiger partial charge in [0.1, 0.15) is 0 Å². The van der Waals surface area contributed by atoms with E-state index in [-0.39, 0.29) is 17.7 Å². The number of aromatic nitrogens is 2. The van der Waals surface area contributed by atoms with Gasteiger partial charge in [0.25, 0.3) is 0 Å². The lowest BCUT2D eigenvalue weighted by Crippen LogP contribution is -2.38. The molecule has 0 radical (unpaired) electrons. The van der Waals surface area contributed by atoms with Crippen LogP contribution in [-0.4, -0.2) is 38.2 Å². The number of hydrogen-bond donors (Lipinski definition) is 1. The number of carboxylic acids is 1. The first-order valence-electron chi connectivity index (χ1n) is 10.8. The first kappa shape index (κ1) is 22.2. The van der Waals surface area contributed by atoms with Crippen molar-refractivity contribution in [1.82, 2.24) is 14.7 Å². The maximum atomic E-state index is 13.0. The number of benzene rings is 1. The lowest BCUT2D eigenvalue weighted by molar-refractivity contribution is -0.143. The van der Waals surface area contributed by atoms with Crippen molar-refractivity contribution < 1.29 is 14.7 Å². The summed E-state index contributed by atoms with van der Waals surface area (Å²) in [7, 11) is 0. The van der Waals surface area contributed by atoms with E-state index in [0.717, 1.165) is 36.2 Å². The molecule has 0 saturated heterocycles. The van der Waals surface area contributed by atoms with E-state index in [9.17, 15) is 9.59 Å². The molecule has 1 saturated carbocycles. The molecule has 0 spiro atoms. The van der Waals surface area contributed by atoms with Crippen molar-refractivity contribution in [2.45, 2.75) is 58.5 Å². The van der Waals surface area contributed by atoms with Gasteiger partial charge in [0, 0.05) is 23.0 Å². The second-order valence-electron chi connectivity index (χ2n) is 8.73. The SMILES string of the molecule is Cc1nn(Cc2ccc(Cl)cc2Cl)c2c1CCN(C(=O)CC1CCC(C(=O)O)CC1)C2. The first-order valence-corrected chi connectivity index (χ1v) is 11.6. The highest BCUT2D eigenvalue weighted by Crippen LogP contribution is 2.32. The van der Waals surface area contributed by atoms with Crippen LogP contribution in [0.5, 0.6) is 0 Å². The van der Waals surface area contributed by atoms with Gasteiger partial charge in [-0.25, -0.2) is 0 Å². The Balaban J connectivity index is 1.43. The van der Waals surface area contributed by atoms with Gasteiger partial charge in [-0.3, -0.25) is 14.3 Å². The number of carbonyl (C=O) groups is 2. The molecule has 1 N–H and O–H groups in total. The smallest absolute Gasteiger partial charge is 0.306 e. The molecule has 2 aromatic rings. The van der Waals surface area contributed by atoms with E-state index < -0.39 is 5.97 Å². The summed E-state index contributed by atoms with van der Waals surface area (Å²) in [5, 5.41) is 15.1. The van der Waals surface area contributed by atoms with Crippen LogP contribution in [0.3, 0.4) is 0 Å². The summed E-state index contributed by atoms with van der Waals surface area (Å²) in [6.45, 7) is 3.79. The minimum absolute atomic E-state index is 0.152. The fourth-order valence-corrected chi connectivity index (χ4v) is 5.29. The Hall–Kier alpha value is -2.05. The van der Waals surface area contributed by atoms with Crippen molar-refractivity contribution in [2.24, 2.45) is 11.8 Å². The molecular weight excluding hydrogens is 437 g/mol. The number of amides is 1. The predicted molar refractivity (Wildman–Crippen MR) is 119 cm³/mol. The molecule has 166 valence electrons. The lowest BCUT2D eigenvalue weighted by Gasteiger charge is -2.31. The second kappa shape index (κ2) is 9.21. The fraction of sp³-hybridized carbons (Fsp3) is 0.522. The third-order valence-electron chi connectivity index (χ3n) is 6.69. The van der Waals surface area contributed by atoms with E-state index >= 15 is 0 Å². The molecule has 4 rings (SSSR count). The van der Waals surface area contributed by atoms with E-state index in [1.54, 1.807) is 6.07 Å². The summed E-state index contributed by atoms with van der Waals surface area (Å²) < 4.78 is 1.96. The Labute approximate surface area is 192 Å². The molecule has 0 atom stereocenters. The average Bonchev–Trinajstić information content (AvgIpc) is 3.05. The van der Waals surface area contributed by atoms with Crippen LogP contribution >= 0.6 is 23.2 Å². The maximum Gasteiger partial charge on any atom is 0.306 e. The predicted octanol–water partition coefficient (Wildman–Crippen LogP) is 4.71. The zero-order valence-electron chi connectivity index (χ0n) is 17.6. The highest BCUT2D eigenvalue weighted by molar-refractivity contribution is 6.35. The van der Waals surface area contributed by atoms with Crippen molar-refractivity contribution >= 4 is 35.1 Å². The lowest BCUT2D eigenvalue weighted by atomic mass is 9.80. The van der Waals surface area contributed by atoms with Crippen molar-refractivity contribution in [3.8, 4) is 0 Å². The number of nitrogens with zero attached hydrogens (tertiary/aromatic N) is 3. The van der Waals surface area contributed by atoms with Crippen LogP contribution in [0, 0.1) is 18.8 Å². The molecule has 31 heavy (non-hydrogen) atoms. The molecule has 8 heteroatoms. The fourth-order valence-electron chi connectivity index (χ4n) is 4.82. The Morgan fingerprint density at radius 3 is 2.61 bits per heavy atom. The van der Waals surface area contributed by atoms with Gasteiger partial charge in [-0.15, -0.1) is 0 Å². The number of carboxylic acid groups (broad SMARTS) is 1. The molecule has 0 unspecified atom stereocenters. The quantitative estimate of drug-likeness (QED) is 0.696. The second-order valence-corrected chi connectivity index (χ2v) is 9.57. The largest absolute Gasteiger partial charge is 0.481 e. The monoisotopic (exact) mass is 463 g/mol. The van der Waals surface area contributed by atoms with Crippen molar-refractivity contribution in [3.05, 3.63) is 50.8 Å². The average molecular weight is 464 g/mol. The highest BCUT2D eigenvalue weighted by atomic mass is 35.5. The topological polar surface area (TPSA) is 75.4 Å². The number of aliphatic carboxylic acids is 1. The first-order chi connectivity index (χ1) is 14.8. The standard InChI is InChI=1S/C23H27Cl2N3O3/c1-14-19-8-9-27(22(29)10-15-2-4-16(5-3-15)23(30)31)13-21(19)28(26-14)12-17-6-7-18(24)11-20(17)25/h6-7,11,15-16H,2-5,8-10,12-13H2,1H3,(H,30,31). The van der Waals surface area contributed by atoms with Crippen LogP contribution in [-0.2, 0) is 29.1 Å². The van der Waals surface area contributed by atoms with Crippen LogP contribution in [0.15, 0.2) is 18.2 Å². The van der Waals surface area contributed by atoms with Gasteiger partial charge in [-0.05, 0) is 68.2 Å². The Morgan fingerprint density at radius 1 is 1.19 bits per heavy atom. The molecule has 1 aromatic heterocycles. The van der Waals surface area contributed by atoms with Crippen molar-refractivity contribution in [1.29, 1.82) is 0 Å². The van der Waals surface area contributed by atoms with E-state index in [1.165, 1.54) is 5.56 Å². The van der Waals surface area contributed by atoms with Crippen LogP contribution in [0.4, 0.5) is 0 Å². The molecule has 2 aliphatic rings. The third kappa shape index (κ3) is 4.90. The molecule has 1 aliphatic heterocycles. The molecule has 1 aromatic carbocycles. The zero-order chi connectivity index (χ0) is 22.1. The van der Waals surface area contributed by atoms with Gasteiger partial charge in [0.15, 0.2) is 0 Å². The van der Waals surface area contributed by atoms with Crippen LogP contribution in [0.1, 0.15) is 54.6 Å². The van der Waals surface area contributed by atoms with Gasteiger partial charge >= 0.3 is 5.97 Å². The molecule has 0 bridgehead atoms. The zero-order valence-corrected chi connectivity index (χ0v) is 19.1. The van der Waals surface area contributed by atoms with Crippen LogP contribution < -0.4 is 0 Å². The Morgan fingerprint density at radius 2 is 1.94 bits per heavy atom. The van der Waals surface area contributed by atoms with E-state index in [1.807, 2.05) is 28.6 Å². The summed E-state index contributed by atoms with van der Waals surface area (Å²) in [6, 6.07) is 5.46. The summed E-state index contributed by atoms with van der Waals surface area (Å²) in [5.74, 6) is -0.526. The number of hydrogen-bond acceptors (Lipinski definition) is 3. The minimum Gasteiger partial charge on any atom is -0.481 e. The van der Waals surface area contributed by atoms with E-state index in [0.29, 0.717) is 48.9 Å². The van der Waals surface area contributed by atoms with Gasteiger partial charge in [0.2, 0.25) is 5.91 Å². The van der Waals surface area contributed by atoms with Crippen LogP contribution in [0.2, 0.25) is 10.0 Å². The molecular formula is C23H27Cl2N3O3. The molecule has 1 aliphatic carbocycles.